The molecule has 2 rings (SSSR count). The summed E-state index contributed by atoms with van der Waals surface area (Å²) in [5.74, 6) is -0.589. The molecule has 0 spiro atoms. The Kier molecular flexibility index (Phi) is 1.76. The summed E-state index contributed by atoms with van der Waals surface area (Å²) in [6.07, 6.45) is 1.19. The minimum atomic E-state index is -0.315. The maximum atomic E-state index is 11.3. The molecule has 0 aliphatic heterocycles. The van der Waals surface area contributed by atoms with E-state index in [1.165, 1.54) is 0 Å². The van der Waals surface area contributed by atoms with Gasteiger partial charge in [-0.25, -0.2) is 0 Å². The summed E-state index contributed by atoms with van der Waals surface area (Å²) in [4.78, 5) is 22.4. The number of ketones is 2. The van der Waals surface area contributed by atoms with Crippen molar-refractivity contribution in [3.05, 3.63) is 34.9 Å². The molecular formula is C11H10O2. The van der Waals surface area contributed by atoms with Crippen LogP contribution in [0.25, 0.3) is 0 Å². The van der Waals surface area contributed by atoms with E-state index in [1.807, 2.05) is 25.1 Å². The first kappa shape index (κ1) is 8.17. The van der Waals surface area contributed by atoms with Crippen molar-refractivity contribution in [1.82, 2.24) is 0 Å². The van der Waals surface area contributed by atoms with Crippen LogP contribution in [0, 0.1) is 0 Å². The molecule has 0 atom stereocenters. The van der Waals surface area contributed by atoms with Crippen LogP contribution in [0.2, 0.25) is 0 Å². The van der Waals surface area contributed by atoms with Gasteiger partial charge in [-0.1, -0.05) is 19.1 Å². The molecule has 1 aliphatic carbocycles. The Labute approximate surface area is 76.6 Å². The van der Waals surface area contributed by atoms with Crippen molar-refractivity contribution >= 4 is 11.6 Å². The first-order valence-corrected chi connectivity index (χ1v) is 4.41. The van der Waals surface area contributed by atoms with Crippen molar-refractivity contribution in [1.29, 1.82) is 0 Å². The molecule has 0 fully saturated rings. The molecule has 0 radical (unpaired) electrons. The summed E-state index contributed by atoms with van der Waals surface area (Å²) >= 11 is 0. The molecule has 2 heteroatoms. The third kappa shape index (κ3) is 1.18. The monoisotopic (exact) mass is 174 g/mol. The van der Waals surface area contributed by atoms with Gasteiger partial charge in [0.15, 0.2) is 0 Å². The minimum absolute atomic E-state index is 0.275. The van der Waals surface area contributed by atoms with E-state index in [-0.39, 0.29) is 18.0 Å². The molecule has 1 aliphatic rings. The lowest BCUT2D eigenvalue weighted by atomic mass is 10.0. The van der Waals surface area contributed by atoms with E-state index >= 15 is 0 Å². The van der Waals surface area contributed by atoms with E-state index in [1.54, 1.807) is 0 Å². The van der Waals surface area contributed by atoms with Gasteiger partial charge < -0.3 is 0 Å². The Bertz CT molecular complexity index is 391. The van der Waals surface area contributed by atoms with Crippen LogP contribution in [-0.2, 0) is 17.6 Å². The first-order valence-electron chi connectivity index (χ1n) is 4.41. The van der Waals surface area contributed by atoms with Gasteiger partial charge in [0.2, 0.25) is 11.6 Å². The third-order valence-corrected chi connectivity index (χ3v) is 2.43. The molecule has 0 amide bonds. The molecule has 0 saturated heterocycles. The van der Waals surface area contributed by atoms with Gasteiger partial charge in [0, 0.05) is 12.0 Å². The Morgan fingerprint density at radius 2 is 2.08 bits per heavy atom. The topological polar surface area (TPSA) is 34.1 Å². The smallest absolute Gasteiger partial charge is 0.229 e. The van der Waals surface area contributed by atoms with Crippen LogP contribution >= 0.6 is 0 Å². The second-order valence-corrected chi connectivity index (χ2v) is 3.27. The van der Waals surface area contributed by atoms with Gasteiger partial charge in [-0.2, -0.15) is 0 Å². The van der Waals surface area contributed by atoms with Gasteiger partial charge >= 0.3 is 0 Å². The van der Waals surface area contributed by atoms with Crippen LogP contribution in [0.4, 0.5) is 0 Å². The van der Waals surface area contributed by atoms with Crippen molar-refractivity contribution in [3.8, 4) is 0 Å². The molecule has 2 nitrogen and oxygen atoms in total. The second-order valence-electron chi connectivity index (χ2n) is 3.27. The zero-order chi connectivity index (χ0) is 9.42. The van der Waals surface area contributed by atoms with Crippen LogP contribution in [0.3, 0.4) is 0 Å². The van der Waals surface area contributed by atoms with Crippen molar-refractivity contribution in [2.45, 2.75) is 19.8 Å². The van der Waals surface area contributed by atoms with E-state index < -0.39 is 0 Å². The average Bonchev–Trinajstić information content (AvgIpc) is 2.43. The number of rotatable bonds is 1. The zero-order valence-electron chi connectivity index (χ0n) is 7.46. The summed E-state index contributed by atoms with van der Waals surface area (Å²) in [5, 5.41) is 0. The molecule has 0 aromatic heterocycles. The number of fused-ring (bicyclic) bond motifs is 1. The van der Waals surface area contributed by atoms with Gasteiger partial charge in [-0.15, -0.1) is 0 Å². The number of hydrogen-bond donors (Lipinski definition) is 0. The number of hydrogen-bond acceptors (Lipinski definition) is 2. The molecule has 1 aromatic carbocycles. The van der Waals surface area contributed by atoms with Gasteiger partial charge in [-0.05, 0) is 23.6 Å². The minimum Gasteiger partial charge on any atom is -0.290 e. The summed E-state index contributed by atoms with van der Waals surface area (Å²) in [7, 11) is 0. The maximum absolute atomic E-state index is 11.3. The molecule has 0 unspecified atom stereocenters. The van der Waals surface area contributed by atoms with Crippen LogP contribution < -0.4 is 0 Å². The second kappa shape index (κ2) is 2.80. The van der Waals surface area contributed by atoms with Crippen LogP contribution in [-0.4, -0.2) is 11.6 Å². The molecule has 0 bridgehead atoms. The molecule has 0 saturated carbocycles. The summed E-state index contributed by atoms with van der Waals surface area (Å²) < 4.78 is 0. The van der Waals surface area contributed by atoms with Gasteiger partial charge in [0.05, 0.1) is 0 Å². The Hall–Kier alpha value is -1.44. The highest BCUT2D eigenvalue weighted by atomic mass is 16.2. The Morgan fingerprint density at radius 1 is 1.31 bits per heavy atom. The van der Waals surface area contributed by atoms with E-state index in [0.29, 0.717) is 5.56 Å². The zero-order valence-corrected chi connectivity index (χ0v) is 7.46. The lowest BCUT2D eigenvalue weighted by molar-refractivity contribution is -0.114. The fraction of sp³-hybridized carbons (Fsp3) is 0.273. The van der Waals surface area contributed by atoms with Crippen molar-refractivity contribution in [3.63, 3.8) is 0 Å². The lowest BCUT2D eigenvalue weighted by Gasteiger charge is -1.99. The lowest BCUT2D eigenvalue weighted by Crippen LogP contribution is -2.05. The number of Topliss-reactive ketones (excluding diaryl/α,β-unsaturated/α-hetero) is 2. The molecule has 0 heterocycles. The van der Waals surface area contributed by atoms with Crippen LogP contribution in [0.15, 0.2) is 18.2 Å². The number of carbonyl (C=O) groups excluding carboxylic acids is 2. The van der Waals surface area contributed by atoms with Crippen molar-refractivity contribution in [2.75, 3.05) is 0 Å². The maximum Gasteiger partial charge on any atom is 0.229 e. The highest BCUT2D eigenvalue weighted by Gasteiger charge is 2.27. The normalized spacial score (nSPS) is 14.8. The van der Waals surface area contributed by atoms with Crippen LogP contribution in [0.5, 0.6) is 0 Å². The highest BCUT2D eigenvalue weighted by Crippen LogP contribution is 2.20. The molecule has 1 aromatic rings. The fourth-order valence-corrected chi connectivity index (χ4v) is 1.61. The van der Waals surface area contributed by atoms with E-state index in [4.69, 9.17) is 0 Å². The van der Waals surface area contributed by atoms with E-state index in [2.05, 4.69) is 0 Å². The number of aryl methyl sites for hydroxylation is 1. The number of benzene rings is 1. The summed E-state index contributed by atoms with van der Waals surface area (Å²) in [6, 6.07) is 5.70. The van der Waals surface area contributed by atoms with Gasteiger partial charge in [0.25, 0.3) is 0 Å². The quantitative estimate of drug-likeness (QED) is 0.605. The largest absolute Gasteiger partial charge is 0.290 e. The predicted molar refractivity (Wildman–Crippen MR) is 48.9 cm³/mol. The van der Waals surface area contributed by atoms with Crippen molar-refractivity contribution < 1.29 is 9.59 Å². The molecule has 13 heavy (non-hydrogen) atoms. The SMILES string of the molecule is CCc1ccc2c(c1)C(=O)C(=O)C2. The molecular weight excluding hydrogens is 164 g/mol. The number of carbonyl (C=O) groups is 2. The first-order chi connectivity index (χ1) is 6.22. The summed E-state index contributed by atoms with van der Waals surface area (Å²) in [5.41, 5.74) is 2.61. The predicted octanol–water partition coefficient (Wildman–Crippen LogP) is 1.56. The van der Waals surface area contributed by atoms with Crippen LogP contribution in [0.1, 0.15) is 28.4 Å². The molecule has 66 valence electrons. The van der Waals surface area contributed by atoms with Crippen molar-refractivity contribution in [2.24, 2.45) is 0 Å². The molecule has 0 N–H and O–H groups in total. The summed E-state index contributed by atoms with van der Waals surface area (Å²) in [6.45, 7) is 2.03. The third-order valence-electron chi connectivity index (χ3n) is 2.43. The van der Waals surface area contributed by atoms with E-state index in [9.17, 15) is 9.59 Å². The fourth-order valence-electron chi connectivity index (χ4n) is 1.61. The van der Waals surface area contributed by atoms with E-state index in [0.717, 1.165) is 17.5 Å². The van der Waals surface area contributed by atoms with Gasteiger partial charge in [-0.3, -0.25) is 9.59 Å². The highest BCUT2D eigenvalue weighted by molar-refractivity contribution is 6.47. The van der Waals surface area contributed by atoms with Gasteiger partial charge in [0.1, 0.15) is 0 Å². The standard InChI is InChI=1S/C11H10O2/c1-2-7-3-4-8-6-10(12)11(13)9(8)5-7/h3-5H,2,6H2,1H3. The average molecular weight is 174 g/mol. The Morgan fingerprint density at radius 3 is 2.77 bits per heavy atom. The Balaban J connectivity index is 2.54.